The number of piperidine rings is 1. The van der Waals surface area contributed by atoms with Crippen LogP contribution >= 0.6 is 0 Å². The first-order chi connectivity index (χ1) is 13.9. The monoisotopic (exact) mass is 419 g/mol. The smallest absolute Gasteiger partial charge is 0.296 e. The van der Waals surface area contributed by atoms with E-state index in [4.69, 9.17) is 4.18 Å². The second-order valence-corrected chi connectivity index (χ2v) is 9.01. The number of carbonyl (C=O) groups is 1. The molecule has 2 aromatic carbocycles. The zero-order chi connectivity index (χ0) is 20.7. The van der Waals surface area contributed by atoms with Crippen LogP contribution in [0.2, 0.25) is 0 Å². The summed E-state index contributed by atoms with van der Waals surface area (Å²) < 4.78 is 42.7. The molecule has 1 heterocycles. The van der Waals surface area contributed by atoms with Gasteiger partial charge in [-0.15, -0.1) is 0 Å². The maximum absolute atomic E-state index is 12.9. The second kappa shape index (κ2) is 10.1. The molecule has 0 amide bonds. The fourth-order valence-electron chi connectivity index (χ4n) is 3.57. The number of carbonyl (C=O) groups excluding carboxylic acids is 1. The zero-order valence-electron chi connectivity index (χ0n) is 16.3. The fraction of sp³-hybridized carbons (Fsp3) is 0.409. The molecule has 0 radical (unpaired) electrons. The highest BCUT2D eigenvalue weighted by molar-refractivity contribution is 7.86. The summed E-state index contributed by atoms with van der Waals surface area (Å²) in [5.41, 5.74) is 0.530. The third kappa shape index (κ3) is 6.45. The Morgan fingerprint density at radius 3 is 2.55 bits per heavy atom. The van der Waals surface area contributed by atoms with Crippen LogP contribution in [0.4, 0.5) is 4.39 Å². The van der Waals surface area contributed by atoms with Crippen LogP contribution in [0.5, 0.6) is 0 Å². The minimum atomic E-state index is -3.73. The Balaban J connectivity index is 1.42. The Hall–Kier alpha value is -2.09. The van der Waals surface area contributed by atoms with E-state index in [2.05, 4.69) is 4.90 Å². The standard InChI is InChI=1S/C22H26FNO4S/c23-20-12-10-19(11-13-20)22(25)9-5-15-24-14-4-6-18(16-24)17-28-29(26,27)21-7-2-1-3-8-21/h1-3,7-8,10-13,18H,4-6,9,14-17H2. The average Bonchev–Trinajstić information content (AvgIpc) is 2.74. The lowest BCUT2D eigenvalue weighted by Crippen LogP contribution is -2.38. The van der Waals surface area contributed by atoms with E-state index in [0.717, 1.165) is 32.5 Å². The molecule has 0 aromatic heterocycles. The SMILES string of the molecule is O=C(CCCN1CCCC(COS(=O)(=O)c2ccccc2)C1)c1ccc(F)cc1. The molecule has 0 aliphatic carbocycles. The molecule has 1 aliphatic heterocycles. The summed E-state index contributed by atoms with van der Waals surface area (Å²) in [5.74, 6) is -0.191. The van der Waals surface area contributed by atoms with Crippen molar-refractivity contribution in [3.8, 4) is 0 Å². The van der Waals surface area contributed by atoms with Crippen molar-refractivity contribution in [1.29, 1.82) is 0 Å². The van der Waals surface area contributed by atoms with Crippen molar-refractivity contribution in [2.45, 2.75) is 30.6 Å². The van der Waals surface area contributed by atoms with Crippen LogP contribution in [-0.4, -0.2) is 45.3 Å². The summed E-state index contributed by atoms with van der Waals surface area (Å²) in [6, 6.07) is 13.8. The number of ketones is 1. The highest BCUT2D eigenvalue weighted by Gasteiger charge is 2.23. The van der Waals surface area contributed by atoms with E-state index in [1.165, 1.54) is 36.4 Å². The number of rotatable bonds is 9. The van der Waals surface area contributed by atoms with Gasteiger partial charge in [0.2, 0.25) is 0 Å². The van der Waals surface area contributed by atoms with Gasteiger partial charge in [-0.3, -0.25) is 8.98 Å². The van der Waals surface area contributed by atoms with Crippen LogP contribution in [0, 0.1) is 11.7 Å². The normalized spacial score (nSPS) is 17.9. The van der Waals surface area contributed by atoms with E-state index in [1.54, 1.807) is 18.2 Å². The third-order valence-corrected chi connectivity index (χ3v) is 6.43. The molecule has 3 rings (SSSR count). The predicted octanol–water partition coefficient (Wildman–Crippen LogP) is 3.91. The minimum Gasteiger partial charge on any atom is -0.303 e. The first-order valence-electron chi connectivity index (χ1n) is 9.89. The van der Waals surface area contributed by atoms with E-state index in [-0.39, 0.29) is 29.0 Å². The molecule has 156 valence electrons. The molecule has 0 N–H and O–H groups in total. The van der Waals surface area contributed by atoms with Gasteiger partial charge in [0.05, 0.1) is 11.5 Å². The van der Waals surface area contributed by atoms with Crippen molar-refractivity contribution in [3.05, 3.63) is 66.0 Å². The Labute approximate surface area is 171 Å². The van der Waals surface area contributed by atoms with Gasteiger partial charge in [-0.25, -0.2) is 4.39 Å². The molecule has 2 aromatic rings. The highest BCUT2D eigenvalue weighted by atomic mass is 32.2. The summed E-state index contributed by atoms with van der Waals surface area (Å²) in [4.78, 5) is 14.6. The van der Waals surface area contributed by atoms with Crippen molar-refractivity contribution >= 4 is 15.9 Å². The number of nitrogens with zero attached hydrogens (tertiary/aromatic N) is 1. The van der Waals surface area contributed by atoms with Gasteiger partial charge in [-0.2, -0.15) is 8.42 Å². The molecule has 0 spiro atoms. The number of hydrogen-bond donors (Lipinski definition) is 0. The van der Waals surface area contributed by atoms with Gasteiger partial charge in [-0.05, 0) is 74.7 Å². The lowest BCUT2D eigenvalue weighted by atomic mass is 9.98. The first kappa shape index (κ1) is 21.6. The molecule has 0 bridgehead atoms. The van der Waals surface area contributed by atoms with Crippen LogP contribution in [0.3, 0.4) is 0 Å². The van der Waals surface area contributed by atoms with Crippen molar-refractivity contribution in [2.75, 3.05) is 26.2 Å². The van der Waals surface area contributed by atoms with Gasteiger partial charge in [-0.1, -0.05) is 18.2 Å². The summed E-state index contributed by atoms with van der Waals surface area (Å²) >= 11 is 0. The maximum atomic E-state index is 12.9. The van der Waals surface area contributed by atoms with Crippen molar-refractivity contribution in [3.63, 3.8) is 0 Å². The topological polar surface area (TPSA) is 63.7 Å². The quantitative estimate of drug-likeness (QED) is 0.456. The maximum Gasteiger partial charge on any atom is 0.296 e. The molecule has 1 aliphatic rings. The molecule has 1 saturated heterocycles. The zero-order valence-corrected chi connectivity index (χ0v) is 17.1. The lowest BCUT2D eigenvalue weighted by Gasteiger charge is -2.32. The van der Waals surface area contributed by atoms with Gasteiger partial charge in [0.1, 0.15) is 5.82 Å². The molecule has 5 nitrogen and oxygen atoms in total. The third-order valence-electron chi connectivity index (χ3n) is 5.14. The molecule has 7 heteroatoms. The molecular formula is C22H26FNO4S. The van der Waals surface area contributed by atoms with Gasteiger partial charge in [0.15, 0.2) is 5.78 Å². The van der Waals surface area contributed by atoms with Crippen LogP contribution in [0.1, 0.15) is 36.0 Å². The summed E-state index contributed by atoms with van der Waals surface area (Å²) in [7, 11) is -3.73. The fourth-order valence-corrected chi connectivity index (χ4v) is 4.57. The minimum absolute atomic E-state index is 0.0100. The van der Waals surface area contributed by atoms with E-state index >= 15 is 0 Å². The summed E-state index contributed by atoms with van der Waals surface area (Å²) in [6.45, 7) is 2.64. The number of benzene rings is 2. The molecular weight excluding hydrogens is 393 g/mol. The van der Waals surface area contributed by atoms with Crippen LogP contribution in [0.25, 0.3) is 0 Å². The molecule has 1 fully saturated rings. The van der Waals surface area contributed by atoms with Crippen molar-refractivity contribution in [2.24, 2.45) is 5.92 Å². The average molecular weight is 420 g/mol. The second-order valence-electron chi connectivity index (χ2n) is 7.39. The molecule has 1 unspecified atom stereocenters. The number of halogens is 1. The van der Waals surface area contributed by atoms with Gasteiger partial charge >= 0.3 is 0 Å². The van der Waals surface area contributed by atoms with Crippen molar-refractivity contribution < 1.29 is 21.8 Å². The van der Waals surface area contributed by atoms with E-state index in [9.17, 15) is 17.6 Å². The lowest BCUT2D eigenvalue weighted by molar-refractivity contribution is 0.0961. The largest absolute Gasteiger partial charge is 0.303 e. The van der Waals surface area contributed by atoms with Gasteiger partial charge in [0, 0.05) is 18.5 Å². The molecule has 29 heavy (non-hydrogen) atoms. The van der Waals surface area contributed by atoms with E-state index in [0.29, 0.717) is 18.4 Å². The van der Waals surface area contributed by atoms with Gasteiger partial charge in [0.25, 0.3) is 10.1 Å². The predicted molar refractivity (Wildman–Crippen MR) is 109 cm³/mol. The first-order valence-corrected chi connectivity index (χ1v) is 11.3. The Kier molecular flexibility index (Phi) is 7.52. The Morgan fingerprint density at radius 1 is 1.10 bits per heavy atom. The van der Waals surface area contributed by atoms with Crippen LogP contribution < -0.4 is 0 Å². The number of Topliss-reactive ketones (excluding diaryl/α,β-unsaturated/α-hetero) is 1. The van der Waals surface area contributed by atoms with Crippen molar-refractivity contribution in [1.82, 2.24) is 4.90 Å². The van der Waals surface area contributed by atoms with Crippen LogP contribution in [-0.2, 0) is 14.3 Å². The van der Waals surface area contributed by atoms with Crippen LogP contribution in [0.15, 0.2) is 59.5 Å². The van der Waals surface area contributed by atoms with E-state index < -0.39 is 10.1 Å². The highest BCUT2D eigenvalue weighted by Crippen LogP contribution is 2.20. The summed E-state index contributed by atoms with van der Waals surface area (Å²) in [5, 5.41) is 0. The Bertz CT molecular complexity index is 900. The Morgan fingerprint density at radius 2 is 1.83 bits per heavy atom. The molecule has 1 atom stereocenters. The summed E-state index contributed by atoms with van der Waals surface area (Å²) in [6.07, 6.45) is 3.03. The van der Waals surface area contributed by atoms with E-state index in [1.807, 2.05) is 0 Å². The van der Waals surface area contributed by atoms with Gasteiger partial charge < -0.3 is 4.90 Å². The number of likely N-dealkylation sites (tertiary alicyclic amines) is 1. The molecule has 0 saturated carbocycles. The number of hydrogen-bond acceptors (Lipinski definition) is 5.